The molecule has 1 aromatic heterocycles. The molecule has 17 heavy (non-hydrogen) atoms. The minimum absolute atomic E-state index is 0.245. The molecular weight excluding hydrogens is 212 g/mol. The van der Waals surface area contributed by atoms with E-state index >= 15 is 0 Å². The molecule has 2 rings (SSSR count). The van der Waals surface area contributed by atoms with E-state index in [1.165, 1.54) is 16.5 Å². The first-order chi connectivity index (χ1) is 8.22. The Bertz CT molecular complexity index is 490. The maximum absolute atomic E-state index is 9.49. The second-order valence-corrected chi connectivity index (χ2v) is 4.48. The summed E-state index contributed by atoms with van der Waals surface area (Å²) in [5.41, 5.74) is 2.53. The summed E-state index contributed by atoms with van der Waals surface area (Å²) in [4.78, 5) is 0. The van der Waals surface area contributed by atoms with E-state index in [2.05, 4.69) is 47.4 Å². The SMILES string of the molecule is CCC(O)CNCc1cn(C)c2ccccc12. The van der Waals surface area contributed by atoms with E-state index in [4.69, 9.17) is 0 Å². The van der Waals surface area contributed by atoms with Crippen molar-refractivity contribution in [1.82, 2.24) is 9.88 Å². The van der Waals surface area contributed by atoms with Gasteiger partial charge in [0.25, 0.3) is 0 Å². The molecule has 2 aromatic rings. The first-order valence-electron chi connectivity index (χ1n) is 6.14. The highest BCUT2D eigenvalue weighted by Crippen LogP contribution is 2.19. The first-order valence-corrected chi connectivity index (χ1v) is 6.14. The lowest BCUT2D eigenvalue weighted by atomic mass is 10.2. The Balaban J connectivity index is 2.09. The number of benzene rings is 1. The van der Waals surface area contributed by atoms with E-state index in [0.29, 0.717) is 6.54 Å². The molecular formula is C14H20N2O. The summed E-state index contributed by atoms with van der Waals surface area (Å²) in [6.07, 6.45) is 2.70. The van der Waals surface area contributed by atoms with Crippen molar-refractivity contribution in [2.24, 2.45) is 7.05 Å². The lowest BCUT2D eigenvalue weighted by Gasteiger charge is -2.08. The number of fused-ring (bicyclic) bond motifs is 1. The van der Waals surface area contributed by atoms with Gasteiger partial charge < -0.3 is 15.0 Å². The third kappa shape index (κ3) is 2.68. The highest BCUT2D eigenvalue weighted by atomic mass is 16.3. The molecule has 0 aliphatic rings. The molecule has 1 atom stereocenters. The van der Waals surface area contributed by atoms with Gasteiger partial charge in [-0.05, 0) is 18.1 Å². The fourth-order valence-corrected chi connectivity index (χ4v) is 2.08. The van der Waals surface area contributed by atoms with Crippen LogP contribution < -0.4 is 5.32 Å². The molecule has 0 aliphatic heterocycles. The number of hydrogen-bond acceptors (Lipinski definition) is 2. The number of aromatic nitrogens is 1. The highest BCUT2D eigenvalue weighted by Gasteiger charge is 2.06. The fourth-order valence-electron chi connectivity index (χ4n) is 2.08. The van der Waals surface area contributed by atoms with Crippen molar-refractivity contribution in [3.63, 3.8) is 0 Å². The average Bonchev–Trinajstić information content (AvgIpc) is 2.67. The summed E-state index contributed by atoms with van der Waals surface area (Å²) in [6.45, 7) is 3.45. The van der Waals surface area contributed by atoms with Crippen molar-refractivity contribution in [1.29, 1.82) is 0 Å². The maximum Gasteiger partial charge on any atom is 0.0662 e. The number of aliphatic hydroxyl groups excluding tert-OH is 1. The molecule has 2 N–H and O–H groups in total. The number of aliphatic hydroxyl groups is 1. The summed E-state index contributed by atoms with van der Waals surface area (Å²) >= 11 is 0. The van der Waals surface area contributed by atoms with Crippen LogP contribution in [-0.4, -0.2) is 22.3 Å². The summed E-state index contributed by atoms with van der Waals surface area (Å²) in [6, 6.07) is 8.38. The van der Waals surface area contributed by atoms with E-state index in [-0.39, 0.29) is 6.10 Å². The van der Waals surface area contributed by atoms with Crippen LogP contribution in [0.15, 0.2) is 30.5 Å². The maximum atomic E-state index is 9.49. The summed E-state index contributed by atoms with van der Waals surface area (Å²) < 4.78 is 2.14. The van der Waals surface area contributed by atoms with Crippen LogP contribution in [0, 0.1) is 0 Å². The van der Waals surface area contributed by atoms with Crippen molar-refractivity contribution < 1.29 is 5.11 Å². The third-order valence-electron chi connectivity index (χ3n) is 3.15. The molecule has 0 fully saturated rings. The van der Waals surface area contributed by atoms with Crippen LogP contribution in [0.2, 0.25) is 0 Å². The van der Waals surface area contributed by atoms with Gasteiger partial charge >= 0.3 is 0 Å². The van der Waals surface area contributed by atoms with Crippen LogP contribution >= 0.6 is 0 Å². The molecule has 0 spiro atoms. The van der Waals surface area contributed by atoms with Crippen molar-refractivity contribution in [3.05, 3.63) is 36.0 Å². The Morgan fingerprint density at radius 2 is 2.12 bits per heavy atom. The van der Waals surface area contributed by atoms with Crippen LogP contribution in [0.25, 0.3) is 10.9 Å². The predicted molar refractivity (Wildman–Crippen MR) is 70.9 cm³/mol. The number of para-hydroxylation sites is 1. The van der Waals surface area contributed by atoms with Gasteiger partial charge in [-0.2, -0.15) is 0 Å². The molecule has 0 radical (unpaired) electrons. The van der Waals surface area contributed by atoms with E-state index in [9.17, 15) is 5.11 Å². The van der Waals surface area contributed by atoms with Gasteiger partial charge in [0.15, 0.2) is 0 Å². The Kier molecular flexibility index (Phi) is 3.82. The van der Waals surface area contributed by atoms with E-state index in [1.807, 2.05) is 6.92 Å². The zero-order valence-corrected chi connectivity index (χ0v) is 10.5. The standard InChI is InChI=1S/C14H20N2O/c1-3-12(17)9-15-8-11-10-16(2)14-7-5-4-6-13(11)14/h4-7,10,12,15,17H,3,8-9H2,1-2H3. The van der Waals surface area contributed by atoms with Gasteiger partial charge in [-0.1, -0.05) is 25.1 Å². The van der Waals surface area contributed by atoms with E-state index < -0.39 is 0 Å². The van der Waals surface area contributed by atoms with Crippen molar-refractivity contribution in [2.75, 3.05) is 6.54 Å². The topological polar surface area (TPSA) is 37.2 Å². The molecule has 92 valence electrons. The highest BCUT2D eigenvalue weighted by molar-refractivity contribution is 5.83. The minimum Gasteiger partial charge on any atom is -0.392 e. The summed E-state index contributed by atoms with van der Waals surface area (Å²) in [7, 11) is 2.06. The number of nitrogens with zero attached hydrogens (tertiary/aromatic N) is 1. The predicted octanol–water partition coefficient (Wildman–Crippen LogP) is 2.04. The van der Waals surface area contributed by atoms with E-state index in [0.717, 1.165) is 13.0 Å². The van der Waals surface area contributed by atoms with Gasteiger partial charge in [0, 0.05) is 37.2 Å². The number of rotatable bonds is 5. The van der Waals surface area contributed by atoms with Crippen LogP contribution in [0.3, 0.4) is 0 Å². The molecule has 0 amide bonds. The number of nitrogens with one attached hydrogen (secondary N) is 1. The largest absolute Gasteiger partial charge is 0.392 e. The van der Waals surface area contributed by atoms with Crippen molar-refractivity contribution >= 4 is 10.9 Å². The van der Waals surface area contributed by atoms with E-state index in [1.54, 1.807) is 0 Å². The van der Waals surface area contributed by atoms with Gasteiger partial charge in [0.1, 0.15) is 0 Å². The van der Waals surface area contributed by atoms with Crippen molar-refractivity contribution in [2.45, 2.75) is 26.0 Å². The van der Waals surface area contributed by atoms with Gasteiger partial charge in [-0.15, -0.1) is 0 Å². The molecule has 1 heterocycles. The summed E-state index contributed by atoms with van der Waals surface area (Å²) in [5.74, 6) is 0. The monoisotopic (exact) mass is 232 g/mol. The Morgan fingerprint density at radius 1 is 1.35 bits per heavy atom. The number of aryl methyl sites for hydroxylation is 1. The van der Waals surface area contributed by atoms with Crippen LogP contribution in [0.1, 0.15) is 18.9 Å². The second-order valence-electron chi connectivity index (χ2n) is 4.48. The zero-order chi connectivity index (χ0) is 12.3. The smallest absolute Gasteiger partial charge is 0.0662 e. The van der Waals surface area contributed by atoms with Gasteiger partial charge in [0.05, 0.1) is 6.10 Å². The lowest BCUT2D eigenvalue weighted by molar-refractivity contribution is 0.167. The molecule has 0 saturated heterocycles. The van der Waals surface area contributed by atoms with Crippen LogP contribution in [0.5, 0.6) is 0 Å². The minimum atomic E-state index is -0.245. The Hall–Kier alpha value is -1.32. The molecule has 1 unspecified atom stereocenters. The second kappa shape index (κ2) is 5.34. The Labute approximate surface area is 102 Å². The first kappa shape index (κ1) is 12.1. The molecule has 0 aliphatic carbocycles. The van der Waals surface area contributed by atoms with Gasteiger partial charge in [-0.25, -0.2) is 0 Å². The van der Waals surface area contributed by atoms with Crippen LogP contribution in [0.4, 0.5) is 0 Å². The molecule has 0 bridgehead atoms. The zero-order valence-electron chi connectivity index (χ0n) is 10.5. The quantitative estimate of drug-likeness (QED) is 0.827. The average molecular weight is 232 g/mol. The third-order valence-corrected chi connectivity index (χ3v) is 3.15. The van der Waals surface area contributed by atoms with Crippen LogP contribution in [-0.2, 0) is 13.6 Å². The molecule has 0 saturated carbocycles. The molecule has 3 nitrogen and oxygen atoms in total. The van der Waals surface area contributed by atoms with Gasteiger partial charge in [-0.3, -0.25) is 0 Å². The lowest BCUT2D eigenvalue weighted by Crippen LogP contribution is -2.25. The molecule has 1 aromatic carbocycles. The number of hydrogen-bond donors (Lipinski definition) is 2. The summed E-state index contributed by atoms with van der Waals surface area (Å²) in [5, 5.41) is 14.1. The van der Waals surface area contributed by atoms with Crippen molar-refractivity contribution in [3.8, 4) is 0 Å². The van der Waals surface area contributed by atoms with Gasteiger partial charge in [0.2, 0.25) is 0 Å². The molecule has 3 heteroatoms. The fraction of sp³-hybridized carbons (Fsp3) is 0.429. The Morgan fingerprint density at radius 3 is 2.88 bits per heavy atom. The normalized spacial score (nSPS) is 13.1.